The number of sulfonamides is 2. The maximum atomic E-state index is 15.8. The van der Waals surface area contributed by atoms with Gasteiger partial charge in [0.05, 0.1) is 70.9 Å². The third kappa shape index (κ3) is 10.9. The van der Waals surface area contributed by atoms with Crippen LogP contribution in [-0.4, -0.2) is 96.1 Å². The summed E-state index contributed by atoms with van der Waals surface area (Å²) in [5.74, 6) is -10.8. The third-order valence-corrected chi connectivity index (χ3v) is 19.0. The molecule has 0 fully saturated rings. The molecule has 5 heterocycles. The van der Waals surface area contributed by atoms with E-state index in [2.05, 4.69) is 31.3 Å². The molecule has 0 saturated heterocycles. The highest BCUT2D eigenvalue weighted by molar-refractivity contribution is 8.05. The number of nitriles is 2. The SMILES string of the molecule is CC(C)c1c2/c(=C(\C#N)c3cnc4cc(Cl)c(Cl)cc4n3)n(B3Oc4ccccc4O3)c(-c3cccc(OS(=O)(=O)C(F)(F)C(F)(F)C(F)(F)S(=O)(=O)NS(=O)(=O)C(F)(F)F)c3)c2/c(=C(\C#N)c2cnc3cc(Cl)c(Cl)cc3n2)n1[B]Oc1ccccc1O. The number of nitrogens with zero attached hydrogens (tertiary/aromatic N) is 8. The van der Waals surface area contributed by atoms with Crippen molar-refractivity contribution in [1.29, 1.82) is 10.5 Å². The Hall–Kier alpha value is -8.21. The molecule has 4 aromatic heterocycles. The average molecular weight is 1370 g/mol. The number of halogens is 13. The Bertz CT molecular complexity index is 5060. The molecular formula is C51H27B2Cl4F9N9O11S3. The molecule has 1 aliphatic rings. The zero-order valence-electron chi connectivity index (χ0n) is 43.9. The molecule has 1 aliphatic heterocycles. The molecule has 89 heavy (non-hydrogen) atoms. The summed E-state index contributed by atoms with van der Waals surface area (Å²) < 4.78 is 231. The van der Waals surface area contributed by atoms with Crippen molar-refractivity contribution in [2.45, 2.75) is 41.7 Å². The number of aromatic hydroxyl groups is 1. The van der Waals surface area contributed by atoms with Crippen molar-refractivity contribution >= 4 is 135 Å². The Morgan fingerprint density at radius 3 is 1.69 bits per heavy atom. The van der Waals surface area contributed by atoms with Crippen molar-refractivity contribution in [3.63, 3.8) is 0 Å². The van der Waals surface area contributed by atoms with E-state index in [0.717, 1.165) is 36.6 Å². The standard InChI is InChI=1S/C51H27B2Cl4F9N9O11S3/c1-23(2)44-42-43(46(74(44)52-83-39-11-4-3-10-38(39)76)26(19-67)36-21-69-32-15-28(54)30(56)17-34(32)71-36)45(24-8-7-9-25(14-24)86-89(81,82)50(62,63)48(58,59)49(60,61)87(77,78)73-88(79,80)51(64,65)66)75(53-84-40-12-5-6-13-41(40)85-53)47(42)27(20-68)37-22-70-33-16-29(55)31(57)18-35(33)72-37/h3-18,21-23,73,76H,1-2H3/b46-26-,47-27-. The molecule has 1 radical (unpaired) electrons. The molecule has 2 N–H and O–H groups in total. The van der Waals surface area contributed by atoms with Gasteiger partial charge in [-0.05, 0) is 66.6 Å². The smallest absolute Gasteiger partial charge is 0.540 e. The molecule has 0 bridgehead atoms. The summed E-state index contributed by atoms with van der Waals surface area (Å²) in [4.78, 5) is 18.3. The average Bonchev–Trinajstić information content (AvgIpc) is 1.63. The number of aromatic nitrogens is 6. The van der Waals surface area contributed by atoms with Crippen molar-refractivity contribution in [3.8, 4) is 52.1 Å². The van der Waals surface area contributed by atoms with Crippen LogP contribution < -0.4 is 33.0 Å². The molecule has 0 amide bonds. The molecule has 10 rings (SSSR count). The van der Waals surface area contributed by atoms with Crippen molar-refractivity contribution in [1.82, 2.24) is 33.0 Å². The fourth-order valence-corrected chi connectivity index (χ4v) is 13.1. The van der Waals surface area contributed by atoms with Gasteiger partial charge in [-0.15, -0.1) is 0 Å². The van der Waals surface area contributed by atoms with E-state index in [1.165, 1.54) is 77.3 Å². The highest BCUT2D eigenvalue weighted by atomic mass is 35.5. The van der Waals surface area contributed by atoms with Crippen LogP contribution in [0.1, 0.15) is 36.8 Å². The monoisotopic (exact) mass is 1370 g/mol. The van der Waals surface area contributed by atoms with Gasteiger partial charge in [-0.1, -0.05) is 101 Å². The molecule has 38 heteroatoms. The van der Waals surface area contributed by atoms with Crippen molar-refractivity contribution in [2.75, 3.05) is 0 Å². The minimum atomic E-state index is -8.17. The van der Waals surface area contributed by atoms with Crippen LogP contribution in [0, 0.1) is 22.7 Å². The van der Waals surface area contributed by atoms with E-state index < -0.39 is 103 Å². The van der Waals surface area contributed by atoms with Crippen LogP contribution in [0.3, 0.4) is 0 Å². The summed E-state index contributed by atoms with van der Waals surface area (Å²) in [6.45, 7) is 3.25. The molecule has 5 aromatic carbocycles. The second kappa shape index (κ2) is 22.7. The van der Waals surface area contributed by atoms with Crippen LogP contribution in [0.4, 0.5) is 39.5 Å². The predicted octanol–water partition coefficient (Wildman–Crippen LogP) is 9.95. The maximum absolute atomic E-state index is 15.8. The first-order valence-electron chi connectivity index (χ1n) is 24.4. The van der Waals surface area contributed by atoms with E-state index in [-0.39, 0.29) is 98.0 Å². The van der Waals surface area contributed by atoms with Crippen LogP contribution in [0.25, 0.3) is 55.2 Å². The van der Waals surface area contributed by atoms with Gasteiger partial charge in [-0.25, -0.2) is 26.8 Å². The van der Waals surface area contributed by atoms with Gasteiger partial charge >= 0.3 is 57.0 Å². The summed E-state index contributed by atoms with van der Waals surface area (Å²) in [6.07, 6.45) is 2.28. The number of fused-ring (bicyclic) bond motifs is 4. The van der Waals surface area contributed by atoms with Gasteiger partial charge in [0, 0.05) is 22.0 Å². The zero-order valence-corrected chi connectivity index (χ0v) is 49.3. The van der Waals surface area contributed by atoms with E-state index in [1.54, 1.807) is 13.8 Å². The number of nitrogens with one attached hydrogen (secondary N) is 1. The van der Waals surface area contributed by atoms with Crippen LogP contribution in [0.5, 0.6) is 28.7 Å². The van der Waals surface area contributed by atoms with E-state index in [4.69, 9.17) is 65.4 Å². The number of hydrogen-bond acceptors (Lipinski definition) is 17. The minimum absolute atomic E-state index is 0.00837. The number of rotatable bonds is 16. The predicted molar refractivity (Wildman–Crippen MR) is 304 cm³/mol. The fourth-order valence-electron chi connectivity index (χ4n) is 9.08. The number of phenolic OH excluding ortho intramolecular Hbond substituents is 1. The molecule has 0 unspecified atom stereocenters. The Kier molecular flexibility index (Phi) is 16.3. The molecule has 0 aliphatic carbocycles. The summed E-state index contributed by atoms with van der Waals surface area (Å²) in [5, 5.41) is 18.0. The van der Waals surface area contributed by atoms with E-state index in [0.29, 0.717) is 12.1 Å². The van der Waals surface area contributed by atoms with Gasteiger partial charge in [0.25, 0.3) is 10.0 Å². The highest BCUT2D eigenvalue weighted by Gasteiger charge is 2.83. The van der Waals surface area contributed by atoms with Gasteiger partial charge in [-0.2, -0.15) is 58.5 Å². The van der Waals surface area contributed by atoms with E-state index >= 15 is 26.3 Å². The number of phenols is 1. The lowest BCUT2D eigenvalue weighted by Crippen LogP contribution is -2.64. The summed E-state index contributed by atoms with van der Waals surface area (Å²) in [7, 11) is -24.4. The second-order valence-corrected chi connectivity index (χ2v) is 25.8. The molecular weight excluding hydrogens is 1350 g/mol. The van der Waals surface area contributed by atoms with Gasteiger partial charge in [-0.3, -0.25) is 9.97 Å². The second-order valence-electron chi connectivity index (χ2n) is 19.0. The normalized spacial score (nSPS) is 14.1. The number of alkyl halides is 9. The number of para-hydroxylation sites is 4. The first-order chi connectivity index (χ1) is 41.6. The van der Waals surface area contributed by atoms with Gasteiger partial charge < -0.3 is 32.2 Å². The van der Waals surface area contributed by atoms with Crippen LogP contribution in [0.15, 0.2) is 109 Å². The molecule has 0 atom stereocenters. The summed E-state index contributed by atoms with van der Waals surface area (Å²) in [6, 6.07) is 23.9. The zero-order chi connectivity index (χ0) is 64.9. The first kappa shape index (κ1) is 63.8. The third-order valence-electron chi connectivity index (χ3n) is 13.0. The quantitative estimate of drug-likeness (QED) is 0.0517. The largest absolute Gasteiger partial charge is 0.743 e. The topological polar surface area (TPSA) is 281 Å². The van der Waals surface area contributed by atoms with Crippen molar-refractivity contribution in [2.24, 2.45) is 0 Å². The molecule has 0 spiro atoms. The first-order valence-corrected chi connectivity index (χ1v) is 30.3. The Morgan fingerprint density at radius 2 is 1.18 bits per heavy atom. The van der Waals surface area contributed by atoms with E-state index in [1.807, 2.05) is 0 Å². The Labute approximate surface area is 515 Å². The van der Waals surface area contributed by atoms with E-state index in [9.17, 15) is 54.1 Å². The van der Waals surface area contributed by atoms with Crippen LogP contribution in [0.2, 0.25) is 20.1 Å². The molecule has 457 valence electrons. The van der Waals surface area contributed by atoms with Crippen molar-refractivity contribution in [3.05, 3.63) is 157 Å². The Balaban J connectivity index is 1.34. The Morgan fingerprint density at radius 1 is 0.674 bits per heavy atom. The summed E-state index contributed by atoms with van der Waals surface area (Å²) in [5.41, 5.74) is -8.75. The maximum Gasteiger partial charge on any atom is 0.743 e. The lowest BCUT2D eigenvalue weighted by molar-refractivity contribution is -0.245. The highest BCUT2D eigenvalue weighted by Crippen LogP contribution is 2.52. The van der Waals surface area contributed by atoms with Crippen molar-refractivity contribution < 1.29 is 88.0 Å². The van der Waals surface area contributed by atoms with Crippen LogP contribution in [-0.2, 0) is 30.2 Å². The molecule has 20 nitrogen and oxygen atoms in total. The minimum Gasteiger partial charge on any atom is -0.540 e. The number of hydrogen-bond donors (Lipinski definition) is 2. The number of benzene rings is 5. The van der Waals surface area contributed by atoms with Crippen LogP contribution >= 0.6 is 46.4 Å². The van der Waals surface area contributed by atoms with Gasteiger partial charge in [0.1, 0.15) is 57.7 Å². The lowest BCUT2D eigenvalue weighted by atomic mass is 10.0. The molecule has 0 saturated carbocycles. The van der Waals surface area contributed by atoms with Gasteiger partial charge in [0.15, 0.2) is 5.75 Å². The lowest BCUT2D eigenvalue weighted by Gasteiger charge is -2.31. The van der Waals surface area contributed by atoms with Gasteiger partial charge in [0.2, 0.25) is 0 Å². The fraction of sp³-hybridized carbons (Fsp3) is 0.137. The summed E-state index contributed by atoms with van der Waals surface area (Å²) >= 11 is 25.4. The molecule has 9 aromatic rings.